The molecule has 0 radical (unpaired) electrons. The molecule has 0 unspecified atom stereocenters. The molecule has 0 saturated carbocycles. The number of nitro groups is 1. The quantitative estimate of drug-likeness (QED) is 0.446. The van der Waals surface area contributed by atoms with Gasteiger partial charge in [0.2, 0.25) is 0 Å². The lowest BCUT2D eigenvalue weighted by atomic mass is 10.0. The largest absolute Gasteiger partial charge is 0.375 e. The molecule has 0 amide bonds. The summed E-state index contributed by atoms with van der Waals surface area (Å²) in [5.41, 5.74) is 3.08. The van der Waals surface area contributed by atoms with Crippen molar-refractivity contribution in [1.29, 1.82) is 0 Å². The third kappa shape index (κ3) is 4.92. The molecule has 1 saturated heterocycles. The summed E-state index contributed by atoms with van der Waals surface area (Å²) in [6, 6.07) is 12.8. The van der Waals surface area contributed by atoms with Gasteiger partial charge >= 0.3 is 0 Å². The zero-order valence-electron chi connectivity index (χ0n) is 15.6. The van der Waals surface area contributed by atoms with Gasteiger partial charge < -0.3 is 5.32 Å². The molecule has 3 rings (SSSR count). The molecular weight excluding hydrogens is 342 g/mol. The van der Waals surface area contributed by atoms with E-state index in [9.17, 15) is 14.9 Å². The SMILES string of the molecule is CC(=O)c1ccc(NCc2ccccc2CN2CCCCC2)c([N+](=O)[O-])c1. The van der Waals surface area contributed by atoms with Crippen LogP contribution >= 0.6 is 0 Å². The zero-order chi connectivity index (χ0) is 19.2. The number of hydrogen-bond acceptors (Lipinski definition) is 5. The maximum Gasteiger partial charge on any atom is 0.293 e. The van der Waals surface area contributed by atoms with Crippen LogP contribution in [0, 0.1) is 10.1 Å². The zero-order valence-corrected chi connectivity index (χ0v) is 15.6. The van der Waals surface area contributed by atoms with E-state index in [2.05, 4.69) is 22.3 Å². The second-order valence-electron chi connectivity index (χ2n) is 7.00. The van der Waals surface area contributed by atoms with Crippen LogP contribution in [-0.2, 0) is 13.1 Å². The summed E-state index contributed by atoms with van der Waals surface area (Å²) in [5.74, 6) is -0.184. The van der Waals surface area contributed by atoms with Crippen molar-refractivity contribution in [3.05, 3.63) is 69.3 Å². The van der Waals surface area contributed by atoms with Gasteiger partial charge in [0.1, 0.15) is 5.69 Å². The van der Waals surface area contributed by atoms with E-state index in [0.29, 0.717) is 17.8 Å². The molecule has 0 aromatic heterocycles. The monoisotopic (exact) mass is 367 g/mol. The number of nitro benzene ring substituents is 1. The standard InChI is InChI=1S/C21H25N3O3/c1-16(25)17-9-10-20(21(13-17)24(26)27)22-14-18-7-3-4-8-19(18)15-23-11-5-2-6-12-23/h3-4,7-10,13,22H,2,5-6,11-12,14-15H2,1H3. The molecule has 0 aliphatic carbocycles. The number of likely N-dealkylation sites (tertiary alicyclic amines) is 1. The highest BCUT2D eigenvalue weighted by atomic mass is 16.6. The van der Waals surface area contributed by atoms with Crippen LogP contribution in [0.4, 0.5) is 11.4 Å². The van der Waals surface area contributed by atoms with Gasteiger partial charge in [-0.1, -0.05) is 30.7 Å². The normalized spacial score (nSPS) is 14.7. The number of benzene rings is 2. The summed E-state index contributed by atoms with van der Waals surface area (Å²) >= 11 is 0. The van der Waals surface area contributed by atoms with E-state index in [1.807, 2.05) is 12.1 Å². The Morgan fingerprint density at radius 2 is 1.81 bits per heavy atom. The summed E-state index contributed by atoms with van der Waals surface area (Å²) in [5, 5.41) is 14.6. The Labute approximate surface area is 159 Å². The number of carbonyl (C=O) groups excluding carboxylic acids is 1. The number of hydrogen-bond donors (Lipinski definition) is 1. The van der Waals surface area contributed by atoms with Crippen molar-refractivity contribution in [3.8, 4) is 0 Å². The van der Waals surface area contributed by atoms with E-state index in [0.717, 1.165) is 25.2 Å². The van der Waals surface area contributed by atoms with E-state index in [-0.39, 0.29) is 11.5 Å². The third-order valence-corrected chi connectivity index (χ3v) is 5.03. The number of nitrogens with one attached hydrogen (secondary N) is 1. The number of carbonyl (C=O) groups is 1. The molecule has 1 aliphatic rings. The molecule has 27 heavy (non-hydrogen) atoms. The fourth-order valence-electron chi connectivity index (χ4n) is 3.48. The molecule has 2 aromatic rings. The molecular formula is C21H25N3O3. The first-order valence-corrected chi connectivity index (χ1v) is 9.37. The van der Waals surface area contributed by atoms with Crippen molar-refractivity contribution in [2.75, 3.05) is 18.4 Å². The van der Waals surface area contributed by atoms with Gasteiger partial charge in [-0.3, -0.25) is 19.8 Å². The Bertz CT molecular complexity index is 829. The van der Waals surface area contributed by atoms with Crippen molar-refractivity contribution >= 4 is 17.2 Å². The van der Waals surface area contributed by atoms with Crippen LogP contribution in [-0.4, -0.2) is 28.7 Å². The van der Waals surface area contributed by atoms with Crippen molar-refractivity contribution < 1.29 is 9.72 Å². The molecule has 1 heterocycles. The number of nitrogens with zero attached hydrogens (tertiary/aromatic N) is 2. The minimum absolute atomic E-state index is 0.0730. The second kappa shape index (κ2) is 8.77. The Balaban J connectivity index is 1.75. The highest BCUT2D eigenvalue weighted by molar-refractivity contribution is 5.95. The van der Waals surface area contributed by atoms with Gasteiger partial charge in [0.15, 0.2) is 5.78 Å². The first-order valence-electron chi connectivity index (χ1n) is 9.37. The van der Waals surface area contributed by atoms with Crippen molar-refractivity contribution in [2.24, 2.45) is 0 Å². The Kier molecular flexibility index (Phi) is 6.19. The van der Waals surface area contributed by atoms with Gasteiger partial charge in [0.05, 0.1) is 4.92 Å². The number of anilines is 1. The van der Waals surface area contributed by atoms with Crippen molar-refractivity contribution in [3.63, 3.8) is 0 Å². The lowest BCUT2D eigenvalue weighted by Gasteiger charge is -2.27. The fraction of sp³-hybridized carbons (Fsp3) is 0.381. The van der Waals surface area contributed by atoms with Gasteiger partial charge in [-0.25, -0.2) is 0 Å². The van der Waals surface area contributed by atoms with Crippen LogP contribution in [0.1, 0.15) is 47.7 Å². The van der Waals surface area contributed by atoms with Gasteiger partial charge in [-0.15, -0.1) is 0 Å². The van der Waals surface area contributed by atoms with Crippen molar-refractivity contribution in [1.82, 2.24) is 4.90 Å². The molecule has 1 fully saturated rings. The van der Waals surface area contributed by atoms with Gasteiger partial charge in [0, 0.05) is 24.7 Å². The van der Waals surface area contributed by atoms with Crippen LogP contribution in [0.3, 0.4) is 0 Å². The van der Waals surface area contributed by atoms with Gasteiger partial charge in [0.25, 0.3) is 5.69 Å². The van der Waals surface area contributed by atoms with E-state index >= 15 is 0 Å². The second-order valence-corrected chi connectivity index (χ2v) is 7.00. The number of piperidine rings is 1. The highest BCUT2D eigenvalue weighted by Gasteiger charge is 2.17. The summed E-state index contributed by atoms with van der Waals surface area (Å²) in [6.45, 7) is 5.07. The average molecular weight is 367 g/mol. The van der Waals surface area contributed by atoms with Crippen LogP contribution in [0.5, 0.6) is 0 Å². The molecule has 0 atom stereocenters. The van der Waals surface area contributed by atoms with Crippen LogP contribution in [0.2, 0.25) is 0 Å². The van der Waals surface area contributed by atoms with E-state index in [1.165, 1.54) is 37.8 Å². The topological polar surface area (TPSA) is 75.5 Å². The fourth-order valence-corrected chi connectivity index (χ4v) is 3.48. The van der Waals surface area contributed by atoms with Crippen molar-refractivity contribution in [2.45, 2.75) is 39.3 Å². The molecule has 0 spiro atoms. The molecule has 1 aliphatic heterocycles. The van der Waals surface area contributed by atoms with E-state index in [4.69, 9.17) is 0 Å². The van der Waals surface area contributed by atoms with Crippen LogP contribution < -0.4 is 5.32 Å². The molecule has 1 N–H and O–H groups in total. The van der Waals surface area contributed by atoms with E-state index < -0.39 is 4.92 Å². The maximum atomic E-state index is 11.5. The number of rotatable bonds is 7. The lowest BCUT2D eigenvalue weighted by Crippen LogP contribution is -2.29. The Hall–Kier alpha value is -2.73. The molecule has 2 aromatic carbocycles. The predicted molar refractivity (Wildman–Crippen MR) is 106 cm³/mol. The first kappa shape index (κ1) is 19.0. The van der Waals surface area contributed by atoms with Crippen LogP contribution in [0.15, 0.2) is 42.5 Å². The van der Waals surface area contributed by atoms with Gasteiger partial charge in [-0.05, 0) is 56.1 Å². The van der Waals surface area contributed by atoms with Gasteiger partial charge in [-0.2, -0.15) is 0 Å². The average Bonchev–Trinajstić information content (AvgIpc) is 2.68. The third-order valence-electron chi connectivity index (χ3n) is 5.03. The summed E-state index contributed by atoms with van der Waals surface area (Å²) < 4.78 is 0. The minimum atomic E-state index is -0.450. The molecule has 142 valence electrons. The van der Waals surface area contributed by atoms with Crippen LogP contribution in [0.25, 0.3) is 0 Å². The number of ketones is 1. The Morgan fingerprint density at radius 3 is 2.48 bits per heavy atom. The minimum Gasteiger partial charge on any atom is -0.375 e. The molecule has 0 bridgehead atoms. The summed E-state index contributed by atoms with van der Waals surface area (Å²) in [6.07, 6.45) is 3.80. The first-order chi connectivity index (χ1) is 13.0. The highest BCUT2D eigenvalue weighted by Crippen LogP contribution is 2.27. The summed E-state index contributed by atoms with van der Waals surface area (Å²) in [7, 11) is 0. The number of Topliss-reactive ketones (excluding diaryl/α,β-unsaturated/α-hetero) is 1. The predicted octanol–water partition coefficient (Wildman–Crippen LogP) is 4.40. The van der Waals surface area contributed by atoms with E-state index in [1.54, 1.807) is 12.1 Å². The molecule has 6 nitrogen and oxygen atoms in total. The summed E-state index contributed by atoms with van der Waals surface area (Å²) in [4.78, 5) is 24.9. The lowest BCUT2D eigenvalue weighted by molar-refractivity contribution is -0.384. The Morgan fingerprint density at radius 1 is 1.11 bits per heavy atom. The molecule has 6 heteroatoms. The maximum absolute atomic E-state index is 11.5. The smallest absolute Gasteiger partial charge is 0.293 e.